The first-order valence-electron chi connectivity index (χ1n) is 9.41. The molecule has 0 bridgehead atoms. The van der Waals surface area contributed by atoms with Gasteiger partial charge in [0.25, 0.3) is 5.91 Å². The Morgan fingerprint density at radius 1 is 1.03 bits per heavy atom. The summed E-state index contributed by atoms with van der Waals surface area (Å²) >= 11 is 1.65. The van der Waals surface area contributed by atoms with Crippen LogP contribution < -0.4 is 19.1 Å². The van der Waals surface area contributed by atoms with Crippen LogP contribution in [0.15, 0.2) is 42.5 Å². The molecule has 8 heteroatoms. The first-order chi connectivity index (χ1) is 14.2. The molecule has 1 aliphatic rings. The van der Waals surface area contributed by atoms with Crippen molar-refractivity contribution in [3.63, 3.8) is 0 Å². The summed E-state index contributed by atoms with van der Waals surface area (Å²) in [6.45, 7) is 2.80. The number of rotatable bonds is 6. The number of nitrogens with zero attached hydrogens (tertiary/aromatic N) is 3. The van der Waals surface area contributed by atoms with Gasteiger partial charge in [0, 0.05) is 32.2 Å². The van der Waals surface area contributed by atoms with Crippen molar-refractivity contribution in [2.24, 2.45) is 0 Å². The van der Waals surface area contributed by atoms with Crippen LogP contribution in [0, 0.1) is 0 Å². The van der Waals surface area contributed by atoms with E-state index in [9.17, 15) is 4.79 Å². The van der Waals surface area contributed by atoms with Crippen molar-refractivity contribution in [1.29, 1.82) is 0 Å². The van der Waals surface area contributed by atoms with Gasteiger partial charge in [-0.25, -0.2) is 4.98 Å². The second-order valence-electron chi connectivity index (χ2n) is 6.64. The van der Waals surface area contributed by atoms with Crippen molar-refractivity contribution >= 4 is 32.6 Å². The lowest BCUT2D eigenvalue weighted by Crippen LogP contribution is -2.50. The maximum atomic E-state index is 12.5. The fourth-order valence-electron chi connectivity index (χ4n) is 3.29. The van der Waals surface area contributed by atoms with Crippen molar-refractivity contribution in [1.82, 2.24) is 9.88 Å². The van der Waals surface area contributed by atoms with Crippen LogP contribution in [0.4, 0.5) is 5.13 Å². The van der Waals surface area contributed by atoms with Crippen molar-refractivity contribution < 1.29 is 19.0 Å². The molecule has 0 saturated carbocycles. The number of methoxy groups -OCH3 is 2. The van der Waals surface area contributed by atoms with Gasteiger partial charge in [0.1, 0.15) is 22.8 Å². The Balaban J connectivity index is 1.33. The summed E-state index contributed by atoms with van der Waals surface area (Å²) in [6.07, 6.45) is 0. The number of carbonyl (C=O) groups excluding carboxylic acids is 1. The van der Waals surface area contributed by atoms with Crippen LogP contribution in [-0.2, 0) is 4.79 Å². The molecule has 0 spiro atoms. The number of carbonyl (C=O) groups is 1. The summed E-state index contributed by atoms with van der Waals surface area (Å²) in [5.41, 5.74) is 0.889. The van der Waals surface area contributed by atoms with Crippen LogP contribution in [0.1, 0.15) is 0 Å². The average Bonchev–Trinajstić information content (AvgIpc) is 3.22. The monoisotopic (exact) mass is 413 g/mol. The Labute approximate surface area is 173 Å². The minimum absolute atomic E-state index is 0.0153. The van der Waals surface area contributed by atoms with Crippen LogP contribution >= 0.6 is 11.3 Å². The van der Waals surface area contributed by atoms with Crippen molar-refractivity contribution in [3.05, 3.63) is 42.5 Å². The maximum absolute atomic E-state index is 12.5. The Morgan fingerprint density at radius 3 is 2.55 bits per heavy atom. The van der Waals surface area contributed by atoms with E-state index < -0.39 is 0 Å². The van der Waals surface area contributed by atoms with Gasteiger partial charge in [0.05, 0.1) is 18.9 Å². The number of piperazine rings is 1. The molecule has 1 amide bonds. The number of anilines is 1. The molecule has 1 aromatic heterocycles. The van der Waals surface area contributed by atoms with Gasteiger partial charge in [-0.15, -0.1) is 0 Å². The molecular weight excluding hydrogens is 390 g/mol. The SMILES string of the molecule is COc1cccc(OCC(=O)N2CCN(c3nc4c(OC)cccc4s3)CC2)c1. The predicted octanol–water partition coefficient (Wildman–Crippen LogP) is 3.04. The molecule has 2 aromatic carbocycles. The number of ether oxygens (including phenoxy) is 3. The standard InChI is InChI=1S/C21H23N3O4S/c1-26-15-5-3-6-16(13-15)28-14-19(25)23-9-11-24(12-10-23)21-22-20-17(27-2)7-4-8-18(20)29-21/h3-8,13H,9-12,14H2,1-2H3. The summed E-state index contributed by atoms with van der Waals surface area (Å²) in [7, 11) is 3.26. The summed E-state index contributed by atoms with van der Waals surface area (Å²) in [5.74, 6) is 2.10. The van der Waals surface area contributed by atoms with Gasteiger partial charge in [0.15, 0.2) is 11.7 Å². The lowest BCUT2D eigenvalue weighted by atomic mass is 10.3. The lowest BCUT2D eigenvalue weighted by Gasteiger charge is -2.34. The van der Waals surface area contributed by atoms with E-state index in [0.717, 1.165) is 34.2 Å². The number of hydrogen-bond donors (Lipinski definition) is 0. The molecule has 0 aliphatic carbocycles. The second-order valence-corrected chi connectivity index (χ2v) is 7.65. The number of thiazole rings is 1. The molecule has 1 fully saturated rings. The summed E-state index contributed by atoms with van der Waals surface area (Å²) < 4.78 is 17.3. The van der Waals surface area contributed by atoms with Gasteiger partial charge in [-0.05, 0) is 24.3 Å². The van der Waals surface area contributed by atoms with Gasteiger partial charge in [-0.2, -0.15) is 0 Å². The van der Waals surface area contributed by atoms with E-state index in [4.69, 9.17) is 19.2 Å². The highest BCUT2D eigenvalue weighted by molar-refractivity contribution is 7.22. The fourth-order valence-corrected chi connectivity index (χ4v) is 4.32. The van der Waals surface area contributed by atoms with E-state index in [1.807, 2.05) is 35.2 Å². The quantitative estimate of drug-likeness (QED) is 0.619. The van der Waals surface area contributed by atoms with Crippen molar-refractivity contribution in [2.75, 3.05) is 51.9 Å². The number of fused-ring (bicyclic) bond motifs is 1. The smallest absolute Gasteiger partial charge is 0.260 e. The molecule has 0 unspecified atom stereocenters. The summed E-state index contributed by atoms with van der Waals surface area (Å²) in [4.78, 5) is 21.3. The highest BCUT2D eigenvalue weighted by Gasteiger charge is 2.24. The van der Waals surface area contributed by atoms with E-state index in [2.05, 4.69) is 11.0 Å². The van der Waals surface area contributed by atoms with E-state index in [1.165, 1.54) is 0 Å². The topological polar surface area (TPSA) is 64.1 Å². The van der Waals surface area contributed by atoms with Crippen LogP contribution in [-0.4, -0.2) is 62.8 Å². The van der Waals surface area contributed by atoms with Crippen LogP contribution in [0.2, 0.25) is 0 Å². The fraction of sp³-hybridized carbons (Fsp3) is 0.333. The number of benzene rings is 2. The summed E-state index contributed by atoms with van der Waals surface area (Å²) in [5, 5.41) is 0.962. The molecule has 0 N–H and O–H groups in total. The Hall–Kier alpha value is -3.00. The zero-order valence-corrected chi connectivity index (χ0v) is 17.3. The minimum Gasteiger partial charge on any atom is -0.497 e. The van der Waals surface area contributed by atoms with Gasteiger partial charge >= 0.3 is 0 Å². The minimum atomic E-state index is -0.0153. The van der Waals surface area contributed by atoms with Gasteiger partial charge in [0.2, 0.25) is 0 Å². The molecule has 29 heavy (non-hydrogen) atoms. The molecule has 0 atom stereocenters. The number of aromatic nitrogens is 1. The van der Waals surface area contributed by atoms with E-state index in [0.29, 0.717) is 24.6 Å². The summed E-state index contributed by atoms with van der Waals surface area (Å²) in [6, 6.07) is 13.2. The zero-order valence-electron chi connectivity index (χ0n) is 16.5. The molecule has 7 nitrogen and oxygen atoms in total. The Kier molecular flexibility index (Phi) is 5.71. The first-order valence-corrected chi connectivity index (χ1v) is 10.2. The first kappa shape index (κ1) is 19.3. The molecular formula is C21H23N3O4S. The van der Waals surface area contributed by atoms with Crippen molar-refractivity contribution in [2.45, 2.75) is 0 Å². The third kappa shape index (κ3) is 4.22. The second kappa shape index (κ2) is 8.57. The van der Waals surface area contributed by atoms with Crippen LogP contribution in [0.5, 0.6) is 17.2 Å². The third-order valence-electron chi connectivity index (χ3n) is 4.90. The van der Waals surface area contributed by atoms with Gasteiger partial charge in [-0.3, -0.25) is 4.79 Å². The molecule has 2 heterocycles. The van der Waals surface area contributed by atoms with Crippen LogP contribution in [0.25, 0.3) is 10.2 Å². The third-order valence-corrected chi connectivity index (χ3v) is 5.98. The molecule has 0 radical (unpaired) electrons. The highest BCUT2D eigenvalue weighted by atomic mass is 32.1. The Bertz CT molecular complexity index is 999. The van der Waals surface area contributed by atoms with E-state index >= 15 is 0 Å². The number of hydrogen-bond acceptors (Lipinski definition) is 7. The van der Waals surface area contributed by atoms with E-state index in [-0.39, 0.29) is 12.5 Å². The molecule has 3 aromatic rings. The molecule has 4 rings (SSSR count). The Morgan fingerprint density at radius 2 is 1.79 bits per heavy atom. The number of para-hydroxylation sites is 1. The number of amides is 1. The highest BCUT2D eigenvalue weighted by Crippen LogP contribution is 2.34. The van der Waals surface area contributed by atoms with Gasteiger partial charge < -0.3 is 24.0 Å². The molecule has 152 valence electrons. The molecule has 1 aliphatic heterocycles. The lowest BCUT2D eigenvalue weighted by molar-refractivity contribution is -0.133. The maximum Gasteiger partial charge on any atom is 0.260 e. The van der Waals surface area contributed by atoms with Crippen LogP contribution in [0.3, 0.4) is 0 Å². The zero-order chi connectivity index (χ0) is 20.2. The van der Waals surface area contributed by atoms with E-state index in [1.54, 1.807) is 31.6 Å². The predicted molar refractivity (Wildman–Crippen MR) is 113 cm³/mol. The van der Waals surface area contributed by atoms with Gasteiger partial charge in [-0.1, -0.05) is 23.5 Å². The largest absolute Gasteiger partial charge is 0.497 e. The van der Waals surface area contributed by atoms with Crippen molar-refractivity contribution in [3.8, 4) is 17.2 Å². The average molecular weight is 413 g/mol. The normalized spacial score (nSPS) is 14.1. The molecule has 1 saturated heterocycles.